The van der Waals surface area contributed by atoms with Crippen LogP contribution in [0.5, 0.6) is 0 Å². The van der Waals surface area contributed by atoms with Crippen LogP contribution in [-0.4, -0.2) is 0 Å². The molecule has 1 radical (unpaired) electrons. The van der Waals surface area contributed by atoms with Gasteiger partial charge in [0, 0.05) is 5.02 Å². The predicted octanol–water partition coefficient (Wildman–Crippen LogP) is 3.18. The molecule has 0 unspecified atom stereocenters. The van der Waals surface area contributed by atoms with Gasteiger partial charge in [-0.2, -0.15) is 0 Å². The second-order valence-electron chi connectivity index (χ2n) is 2.19. The molecule has 51 valence electrons. The highest BCUT2D eigenvalue weighted by molar-refractivity contribution is 6.30. The smallest absolute Gasteiger partial charge is 0.0406 e. The van der Waals surface area contributed by atoms with Gasteiger partial charge in [-0.05, 0) is 30.2 Å². The van der Waals surface area contributed by atoms with Crippen molar-refractivity contribution >= 4 is 17.2 Å². The van der Waals surface area contributed by atoms with E-state index >= 15 is 0 Å². The van der Waals surface area contributed by atoms with E-state index in [1.54, 1.807) is 0 Å². The van der Waals surface area contributed by atoms with E-state index in [1.165, 1.54) is 0 Å². The molecule has 0 spiro atoms. The molecule has 10 heavy (non-hydrogen) atoms. The van der Waals surface area contributed by atoms with E-state index in [9.17, 15) is 0 Å². The van der Waals surface area contributed by atoms with Gasteiger partial charge in [0.25, 0.3) is 0 Å². The Bertz CT molecular complexity index is 233. The average molecular weight is 152 g/mol. The van der Waals surface area contributed by atoms with Crippen molar-refractivity contribution in [1.82, 2.24) is 0 Å². The van der Waals surface area contributed by atoms with Gasteiger partial charge in [0.05, 0.1) is 0 Å². The molecular formula is C9H8Cl. The number of benzene rings is 1. The van der Waals surface area contributed by atoms with E-state index in [0.717, 1.165) is 16.2 Å². The molecule has 0 aliphatic rings. The molecule has 0 fully saturated rings. The first-order valence-corrected chi connectivity index (χ1v) is 3.43. The van der Waals surface area contributed by atoms with Crippen molar-refractivity contribution in [1.29, 1.82) is 0 Å². The monoisotopic (exact) mass is 151 g/mol. The van der Waals surface area contributed by atoms with Crippen molar-refractivity contribution < 1.29 is 0 Å². The maximum Gasteiger partial charge on any atom is 0.0406 e. The quantitative estimate of drug-likeness (QED) is 0.579. The Morgan fingerprint density at radius 3 is 2.20 bits per heavy atom. The third kappa shape index (κ3) is 1.61. The van der Waals surface area contributed by atoms with Crippen molar-refractivity contribution in [2.75, 3.05) is 0 Å². The van der Waals surface area contributed by atoms with Crippen LogP contribution in [0.2, 0.25) is 5.02 Å². The normalized spacial score (nSPS) is 9.40. The summed E-state index contributed by atoms with van der Waals surface area (Å²) in [6, 6.07) is 7.45. The molecule has 1 heteroatoms. The van der Waals surface area contributed by atoms with Crippen LogP contribution >= 0.6 is 11.6 Å². The van der Waals surface area contributed by atoms with Crippen LogP contribution in [0.25, 0.3) is 5.57 Å². The molecular weight excluding hydrogens is 144 g/mol. The topological polar surface area (TPSA) is 0 Å². The van der Waals surface area contributed by atoms with E-state index in [1.807, 2.05) is 31.2 Å². The number of hydrogen-bond donors (Lipinski definition) is 0. The zero-order valence-corrected chi connectivity index (χ0v) is 6.52. The van der Waals surface area contributed by atoms with Crippen molar-refractivity contribution in [2.24, 2.45) is 0 Å². The van der Waals surface area contributed by atoms with Gasteiger partial charge < -0.3 is 0 Å². The molecule has 1 aromatic carbocycles. The van der Waals surface area contributed by atoms with Gasteiger partial charge in [-0.15, -0.1) is 0 Å². The summed E-state index contributed by atoms with van der Waals surface area (Å²) in [7, 11) is 0. The highest BCUT2D eigenvalue weighted by Crippen LogP contribution is 2.14. The lowest BCUT2D eigenvalue weighted by Gasteiger charge is -1.96. The first-order chi connectivity index (χ1) is 4.70. The number of allylic oxidation sites excluding steroid dienone is 1. The molecule has 0 amide bonds. The summed E-state index contributed by atoms with van der Waals surface area (Å²) < 4.78 is 0. The van der Waals surface area contributed by atoms with Crippen LogP contribution in [0.1, 0.15) is 12.5 Å². The Hall–Kier alpha value is -0.750. The fraction of sp³-hybridized carbons (Fsp3) is 0.111. The largest absolute Gasteiger partial charge is 0.0843 e. The third-order valence-electron chi connectivity index (χ3n) is 1.30. The highest BCUT2D eigenvalue weighted by atomic mass is 35.5. The highest BCUT2D eigenvalue weighted by Gasteiger charge is 1.90. The first-order valence-electron chi connectivity index (χ1n) is 3.05. The Morgan fingerprint density at radius 1 is 1.30 bits per heavy atom. The minimum absolute atomic E-state index is 0.741. The molecule has 0 bridgehead atoms. The lowest BCUT2D eigenvalue weighted by atomic mass is 10.1. The molecule has 0 saturated heterocycles. The molecule has 1 rings (SSSR count). The number of rotatable bonds is 1. The van der Waals surface area contributed by atoms with E-state index in [4.69, 9.17) is 18.2 Å². The van der Waals surface area contributed by atoms with Gasteiger partial charge in [0.2, 0.25) is 0 Å². The summed E-state index contributed by atoms with van der Waals surface area (Å²) in [5.74, 6) is 0. The van der Waals surface area contributed by atoms with Crippen LogP contribution in [0.4, 0.5) is 0 Å². The van der Waals surface area contributed by atoms with Crippen molar-refractivity contribution in [3.63, 3.8) is 0 Å². The zero-order valence-electron chi connectivity index (χ0n) is 5.76. The van der Waals surface area contributed by atoms with Crippen LogP contribution in [-0.2, 0) is 0 Å². The van der Waals surface area contributed by atoms with E-state index < -0.39 is 0 Å². The molecule has 0 N–H and O–H groups in total. The third-order valence-corrected chi connectivity index (χ3v) is 1.55. The second kappa shape index (κ2) is 2.89. The lowest BCUT2D eigenvalue weighted by molar-refractivity contribution is 1.58. The van der Waals surface area contributed by atoms with Crippen LogP contribution in [0, 0.1) is 6.58 Å². The van der Waals surface area contributed by atoms with E-state index in [2.05, 4.69) is 0 Å². The minimum atomic E-state index is 0.741. The molecule has 0 aliphatic heterocycles. The SMILES string of the molecule is [CH]=C(C)c1ccc(Cl)cc1. The standard InChI is InChI=1S/C9H8Cl/c1-7(2)8-3-5-9(10)6-4-8/h1,3-6H,2H3. The molecule has 0 atom stereocenters. The number of hydrogen-bond acceptors (Lipinski definition) is 0. The summed E-state index contributed by atoms with van der Waals surface area (Å²) >= 11 is 5.67. The molecule has 0 nitrogen and oxygen atoms in total. The molecule has 0 heterocycles. The van der Waals surface area contributed by atoms with E-state index in [0.29, 0.717) is 0 Å². The molecule has 0 aliphatic carbocycles. The Labute approximate surface area is 66.1 Å². The van der Waals surface area contributed by atoms with Gasteiger partial charge in [0.1, 0.15) is 0 Å². The summed E-state index contributed by atoms with van der Waals surface area (Å²) in [5, 5.41) is 0.741. The zero-order chi connectivity index (χ0) is 7.56. The minimum Gasteiger partial charge on any atom is -0.0843 e. The maximum absolute atomic E-state index is 5.67. The lowest BCUT2D eigenvalue weighted by Crippen LogP contribution is -1.74. The average Bonchev–Trinajstić information content (AvgIpc) is 1.88. The second-order valence-corrected chi connectivity index (χ2v) is 2.63. The van der Waals surface area contributed by atoms with Gasteiger partial charge in [-0.3, -0.25) is 0 Å². The predicted molar refractivity (Wildman–Crippen MR) is 44.8 cm³/mol. The van der Waals surface area contributed by atoms with E-state index in [-0.39, 0.29) is 0 Å². The Kier molecular flexibility index (Phi) is 2.13. The number of halogens is 1. The molecule has 0 aromatic heterocycles. The van der Waals surface area contributed by atoms with Crippen LogP contribution in [0.15, 0.2) is 24.3 Å². The van der Waals surface area contributed by atoms with Gasteiger partial charge in [0.15, 0.2) is 0 Å². The summed E-state index contributed by atoms with van der Waals surface area (Å²) in [6.45, 7) is 7.40. The fourth-order valence-electron chi connectivity index (χ4n) is 0.713. The van der Waals surface area contributed by atoms with Gasteiger partial charge in [-0.1, -0.05) is 30.3 Å². The van der Waals surface area contributed by atoms with Crippen LogP contribution < -0.4 is 0 Å². The van der Waals surface area contributed by atoms with Crippen LogP contribution in [0.3, 0.4) is 0 Å². The van der Waals surface area contributed by atoms with Crippen molar-refractivity contribution in [3.8, 4) is 0 Å². The maximum atomic E-state index is 5.67. The van der Waals surface area contributed by atoms with Crippen molar-refractivity contribution in [3.05, 3.63) is 41.4 Å². The molecule has 0 saturated carbocycles. The Morgan fingerprint density at radius 2 is 1.80 bits per heavy atom. The Balaban J connectivity index is 3.00. The summed E-state index contributed by atoms with van der Waals surface area (Å²) in [6.07, 6.45) is 0. The van der Waals surface area contributed by atoms with Crippen molar-refractivity contribution in [2.45, 2.75) is 6.92 Å². The first kappa shape index (κ1) is 7.36. The van der Waals surface area contributed by atoms with Gasteiger partial charge in [-0.25, -0.2) is 0 Å². The summed E-state index contributed by atoms with van der Waals surface area (Å²) in [4.78, 5) is 0. The molecule has 1 aromatic rings. The van der Waals surface area contributed by atoms with Gasteiger partial charge >= 0.3 is 0 Å². The summed E-state index contributed by atoms with van der Waals surface area (Å²) in [5.41, 5.74) is 1.85. The fourth-order valence-corrected chi connectivity index (χ4v) is 0.839.